The number of hydrogen-bond donors (Lipinski definition) is 2. The summed E-state index contributed by atoms with van der Waals surface area (Å²) in [7, 11) is -3.91. The first-order valence-corrected chi connectivity index (χ1v) is 11.5. The third-order valence-electron chi connectivity index (χ3n) is 5.19. The van der Waals surface area contributed by atoms with Crippen molar-refractivity contribution in [2.45, 2.75) is 37.7 Å². The summed E-state index contributed by atoms with van der Waals surface area (Å²) < 4.78 is 33.6. The number of nitrogens with one attached hydrogen (secondary N) is 2. The summed E-state index contributed by atoms with van der Waals surface area (Å²) in [6.07, 6.45) is 5.33. The van der Waals surface area contributed by atoms with Crippen LogP contribution in [0.25, 0.3) is 11.5 Å². The van der Waals surface area contributed by atoms with Gasteiger partial charge in [0.1, 0.15) is 5.69 Å². The molecule has 158 valence electrons. The van der Waals surface area contributed by atoms with Gasteiger partial charge in [0.15, 0.2) is 5.76 Å². The lowest BCUT2D eigenvalue weighted by Gasteiger charge is -2.26. The fraction of sp³-hybridized carbons (Fsp3) is 0.333. The molecule has 4 rings (SSSR count). The molecule has 3 heterocycles. The van der Waals surface area contributed by atoms with Crippen LogP contribution in [0.2, 0.25) is 0 Å². The minimum Gasteiger partial charge on any atom is -0.441 e. The lowest BCUT2D eigenvalue weighted by molar-refractivity contribution is 0.0725. The smallest absolute Gasteiger partial charge is 0.295 e. The maximum absolute atomic E-state index is 12.9. The number of piperidine rings is 1. The molecular weight excluding hydrogens is 404 g/mol. The highest BCUT2D eigenvalue weighted by molar-refractivity contribution is 7.92. The molecule has 9 heteroatoms. The van der Waals surface area contributed by atoms with E-state index < -0.39 is 10.0 Å². The minimum atomic E-state index is -3.91. The van der Waals surface area contributed by atoms with Gasteiger partial charge in [-0.05, 0) is 55.5 Å². The Balaban J connectivity index is 1.57. The second-order valence-corrected chi connectivity index (χ2v) is 8.90. The second kappa shape index (κ2) is 8.35. The van der Waals surface area contributed by atoms with Crippen LogP contribution in [0.4, 0.5) is 5.69 Å². The fourth-order valence-electron chi connectivity index (χ4n) is 3.56. The molecule has 8 nitrogen and oxygen atoms in total. The van der Waals surface area contributed by atoms with E-state index in [4.69, 9.17) is 4.42 Å². The van der Waals surface area contributed by atoms with Crippen LogP contribution in [-0.2, 0) is 16.4 Å². The number of nitrogens with zero attached hydrogens (tertiary/aromatic N) is 2. The van der Waals surface area contributed by atoms with Crippen LogP contribution >= 0.6 is 0 Å². The molecule has 2 N–H and O–H groups in total. The molecule has 30 heavy (non-hydrogen) atoms. The predicted octanol–water partition coefficient (Wildman–Crippen LogP) is 3.66. The van der Waals surface area contributed by atoms with Gasteiger partial charge in [-0.15, -0.1) is 0 Å². The summed E-state index contributed by atoms with van der Waals surface area (Å²) in [4.78, 5) is 14.6. The highest BCUT2D eigenvalue weighted by Crippen LogP contribution is 2.28. The average Bonchev–Trinajstić information content (AvgIpc) is 3.43. The number of likely N-dealkylation sites (tertiary alicyclic amines) is 1. The van der Waals surface area contributed by atoms with Crippen LogP contribution in [0.1, 0.15) is 42.1 Å². The Morgan fingerprint density at radius 3 is 2.77 bits per heavy atom. The zero-order valence-electron chi connectivity index (χ0n) is 16.7. The minimum absolute atomic E-state index is 0.131. The molecule has 1 aliphatic rings. The first-order chi connectivity index (χ1) is 14.5. The Morgan fingerprint density at radius 2 is 2.00 bits per heavy atom. The van der Waals surface area contributed by atoms with E-state index in [-0.39, 0.29) is 16.8 Å². The molecule has 1 amide bonds. The molecule has 1 fully saturated rings. The quantitative estimate of drug-likeness (QED) is 0.623. The third kappa shape index (κ3) is 4.11. The molecule has 3 aromatic rings. The van der Waals surface area contributed by atoms with E-state index >= 15 is 0 Å². The highest BCUT2D eigenvalue weighted by atomic mass is 32.2. The Kier molecular flexibility index (Phi) is 5.63. The van der Waals surface area contributed by atoms with Crippen LogP contribution < -0.4 is 4.72 Å². The van der Waals surface area contributed by atoms with Gasteiger partial charge in [-0.3, -0.25) is 14.6 Å². The van der Waals surface area contributed by atoms with Crippen LogP contribution in [0.3, 0.4) is 0 Å². The number of amides is 1. The summed E-state index contributed by atoms with van der Waals surface area (Å²) in [5.41, 5.74) is 2.24. The van der Waals surface area contributed by atoms with Crippen molar-refractivity contribution in [1.29, 1.82) is 0 Å². The van der Waals surface area contributed by atoms with Crippen LogP contribution in [0, 0.1) is 0 Å². The van der Waals surface area contributed by atoms with Gasteiger partial charge in [-0.25, -0.2) is 0 Å². The number of benzene rings is 1. The number of furan rings is 1. The predicted molar refractivity (Wildman–Crippen MR) is 113 cm³/mol. The molecule has 1 aromatic carbocycles. The van der Waals surface area contributed by atoms with Gasteiger partial charge in [-0.1, -0.05) is 19.1 Å². The summed E-state index contributed by atoms with van der Waals surface area (Å²) in [5.74, 6) is 0.115. The van der Waals surface area contributed by atoms with Gasteiger partial charge in [0.2, 0.25) is 5.09 Å². The zero-order valence-corrected chi connectivity index (χ0v) is 17.5. The first kappa shape index (κ1) is 20.2. The molecule has 0 radical (unpaired) electrons. The number of rotatable bonds is 6. The van der Waals surface area contributed by atoms with Crippen molar-refractivity contribution < 1.29 is 17.6 Å². The topological polar surface area (TPSA) is 108 Å². The number of aromatic amines is 1. The van der Waals surface area contributed by atoms with Crippen LogP contribution in [0.15, 0.2) is 52.1 Å². The average molecular weight is 429 g/mol. The van der Waals surface area contributed by atoms with Crippen molar-refractivity contribution >= 4 is 21.6 Å². The Labute approximate surface area is 175 Å². The number of hydrogen-bond acceptors (Lipinski definition) is 5. The monoisotopic (exact) mass is 428 g/mol. The van der Waals surface area contributed by atoms with Gasteiger partial charge in [0.05, 0.1) is 11.8 Å². The summed E-state index contributed by atoms with van der Waals surface area (Å²) in [6, 6.07) is 10.1. The normalized spacial score (nSPS) is 14.6. The van der Waals surface area contributed by atoms with Crippen molar-refractivity contribution in [2.75, 3.05) is 17.8 Å². The molecule has 0 spiro atoms. The van der Waals surface area contributed by atoms with Crippen molar-refractivity contribution in [3.05, 3.63) is 53.7 Å². The number of carbonyl (C=O) groups is 1. The molecule has 0 bridgehead atoms. The van der Waals surface area contributed by atoms with Crippen molar-refractivity contribution in [3.63, 3.8) is 0 Å². The summed E-state index contributed by atoms with van der Waals surface area (Å²) in [5, 5.41) is 6.51. The number of aromatic nitrogens is 2. The molecule has 0 atom stereocenters. The first-order valence-electron chi connectivity index (χ1n) is 10.0. The molecule has 1 aliphatic heterocycles. The number of sulfonamides is 1. The fourth-order valence-corrected chi connectivity index (χ4v) is 4.55. The van der Waals surface area contributed by atoms with E-state index in [0.717, 1.165) is 31.2 Å². The van der Waals surface area contributed by atoms with E-state index in [0.29, 0.717) is 30.0 Å². The third-order valence-corrected chi connectivity index (χ3v) is 6.45. The maximum atomic E-state index is 12.9. The highest BCUT2D eigenvalue weighted by Gasteiger charge is 2.26. The standard InChI is InChI=1S/C21H24N4O4S/c1-2-15-7-6-8-16(13-15)24-30(27,28)19-10-9-18(29-19)20-17(14-22-23-20)21(26)25-11-4-3-5-12-25/h6-10,13-14,24H,2-5,11-12H2,1H3,(H,22,23). The molecule has 0 saturated carbocycles. The number of H-pyrrole nitrogens is 1. The molecule has 0 unspecified atom stereocenters. The van der Waals surface area contributed by atoms with Gasteiger partial charge in [0, 0.05) is 18.8 Å². The SMILES string of the molecule is CCc1cccc(NS(=O)(=O)c2ccc(-c3[nH]ncc3C(=O)N3CCCCC3)o2)c1. The summed E-state index contributed by atoms with van der Waals surface area (Å²) >= 11 is 0. The maximum Gasteiger partial charge on any atom is 0.295 e. The van der Waals surface area contributed by atoms with E-state index in [1.807, 2.05) is 13.0 Å². The van der Waals surface area contributed by atoms with Gasteiger partial charge in [-0.2, -0.15) is 13.5 Å². The van der Waals surface area contributed by atoms with E-state index in [1.54, 1.807) is 23.1 Å². The lowest BCUT2D eigenvalue weighted by Crippen LogP contribution is -2.35. The number of aryl methyl sites for hydroxylation is 1. The molecule has 0 aliphatic carbocycles. The Morgan fingerprint density at radius 1 is 1.20 bits per heavy atom. The number of carbonyl (C=O) groups excluding carboxylic acids is 1. The molecular formula is C21H24N4O4S. The Bertz CT molecular complexity index is 1140. The second-order valence-electron chi connectivity index (χ2n) is 7.29. The number of anilines is 1. The molecule has 2 aromatic heterocycles. The van der Waals surface area contributed by atoms with E-state index in [1.165, 1.54) is 18.3 Å². The van der Waals surface area contributed by atoms with Gasteiger partial charge < -0.3 is 9.32 Å². The van der Waals surface area contributed by atoms with Crippen LogP contribution in [-0.4, -0.2) is 42.5 Å². The van der Waals surface area contributed by atoms with Crippen molar-refractivity contribution in [3.8, 4) is 11.5 Å². The van der Waals surface area contributed by atoms with Crippen LogP contribution in [0.5, 0.6) is 0 Å². The van der Waals surface area contributed by atoms with Crippen molar-refractivity contribution in [2.24, 2.45) is 0 Å². The molecule has 1 saturated heterocycles. The summed E-state index contributed by atoms with van der Waals surface area (Å²) in [6.45, 7) is 3.42. The van der Waals surface area contributed by atoms with Gasteiger partial charge in [0.25, 0.3) is 15.9 Å². The zero-order chi connectivity index (χ0) is 21.1. The lowest BCUT2D eigenvalue weighted by atomic mass is 10.1. The largest absolute Gasteiger partial charge is 0.441 e. The van der Waals surface area contributed by atoms with E-state index in [2.05, 4.69) is 14.9 Å². The van der Waals surface area contributed by atoms with E-state index in [9.17, 15) is 13.2 Å². The van der Waals surface area contributed by atoms with Crippen molar-refractivity contribution in [1.82, 2.24) is 15.1 Å². The van der Waals surface area contributed by atoms with Gasteiger partial charge >= 0.3 is 0 Å². The Hall–Kier alpha value is -3.07.